The summed E-state index contributed by atoms with van der Waals surface area (Å²) in [6.45, 7) is 2.31. The maximum atomic E-state index is 10.2. The molecule has 0 fully saturated rings. The van der Waals surface area contributed by atoms with Crippen molar-refractivity contribution in [2.24, 2.45) is 0 Å². The number of rotatable bonds is 0. The molecule has 4 heavy (non-hydrogen) atoms. The van der Waals surface area contributed by atoms with Gasteiger partial charge in [0.05, 0.1) is 0 Å². The SMILES string of the molecule is [CH2]C(F)F. The predicted octanol–water partition coefficient (Wildman–Crippen LogP) is 1.09. The van der Waals surface area contributed by atoms with Crippen LogP contribution in [0.3, 0.4) is 0 Å². The van der Waals surface area contributed by atoms with Gasteiger partial charge in [0.15, 0.2) is 0 Å². The third kappa shape index (κ3) is 70.2. The van der Waals surface area contributed by atoms with Gasteiger partial charge in [-0.05, 0) is 0 Å². The van der Waals surface area contributed by atoms with Crippen LogP contribution in [0.15, 0.2) is 0 Å². The molecule has 0 unspecified atom stereocenters. The minimum atomic E-state index is -2.42. The Morgan fingerprint density at radius 1 is 1.50 bits per heavy atom. The van der Waals surface area contributed by atoms with Crippen LogP contribution in [0.1, 0.15) is 0 Å². The number of hydrogen-bond acceptors (Lipinski definition) is 0. The average Bonchev–Trinajstić information content (AvgIpc) is 0.811. The molecule has 0 heterocycles. The van der Waals surface area contributed by atoms with E-state index in [4.69, 9.17) is 0 Å². The monoisotopic (exact) mass is 65.0 g/mol. The summed E-state index contributed by atoms with van der Waals surface area (Å²) in [5.41, 5.74) is 0. The van der Waals surface area contributed by atoms with E-state index in [0.717, 1.165) is 0 Å². The van der Waals surface area contributed by atoms with Gasteiger partial charge in [-0.25, -0.2) is 8.78 Å². The van der Waals surface area contributed by atoms with E-state index in [1.165, 1.54) is 0 Å². The van der Waals surface area contributed by atoms with Gasteiger partial charge >= 0.3 is 0 Å². The van der Waals surface area contributed by atoms with Gasteiger partial charge in [-0.3, -0.25) is 0 Å². The maximum Gasteiger partial charge on any atom is 0.238 e. The molecule has 0 N–H and O–H groups in total. The van der Waals surface area contributed by atoms with Crippen molar-refractivity contribution in [2.45, 2.75) is 6.43 Å². The fourth-order valence-electron chi connectivity index (χ4n) is 0. The molecule has 0 aromatic carbocycles. The second-order valence-corrected chi connectivity index (χ2v) is 0.391. The second kappa shape index (κ2) is 1.21. The van der Waals surface area contributed by atoms with Crippen LogP contribution in [0.4, 0.5) is 8.78 Å². The number of hydrogen-bond donors (Lipinski definition) is 0. The molecule has 0 bridgehead atoms. The Morgan fingerprint density at radius 3 is 1.50 bits per heavy atom. The van der Waals surface area contributed by atoms with Crippen molar-refractivity contribution < 1.29 is 8.78 Å². The molecule has 0 spiro atoms. The van der Waals surface area contributed by atoms with Crippen LogP contribution in [0.5, 0.6) is 0 Å². The fourth-order valence-corrected chi connectivity index (χ4v) is 0. The molecular formula is C2H3F2. The fraction of sp³-hybridized carbons (Fsp3) is 0.500. The van der Waals surface area contributed by atoms with Gasteiger partial charge in [-0.1, -0.05) is 0 Å². The standard InChI is InChI=1S/C2H3F2/c1-2(3)4/h2H,1H2. The highest BCUT2D eigenvalue weighted by Crippen LogP contribution is 1.81. The van der Waals surface area contributed by atoms with Crippen molar-refractivity contribution in [1.82, 2.24) is 0 Å². The van der Waals surface area contributed by atoms with Crippen LogP contribution in [0.25, 0.3) is 0 Å². The lowest BCUT2D eigenvalue weighted by atomic mass is 10.9. The molecule has 0 aliphatic heterocycles. The molecule has 0 aliphatic carbocycles. The van der Waals surface area contributed by atoms with E-state index in [-0.39, 0.29) is 0 Å². The lowest BCUT2D eigenvalue weighted by Gasteiger charge is -1.69. The van der Waals surface area contributed by atoms with Gasteiger partial charge in [-0.2, -0.15) is 0 Å². The van der Waals surface area contributed by atoms with E-state index >= 15 is 0 Å². The summed E-state index contributed by atoms with van der Waals surface area (Å²) in [5.74, 6) is 0. The third-order valence-electron chi connectivity index (χ3n) is 0. The minimum Gasteiger partial charge on any atom is -0.211 e. The van der Waals surface area contributed by atoms with Gasteiger partial charge in [0.2, 0.25) is 6.43 Å². The normalized spacial score (nSPS) is 9.00. The summed E-state index contributed by atoms with van der Waals surface area (Å²) < 4.78 is 20.4. The molecule has 0 rings (SSSR count). The zero-order chi connectivity index (χ0) is 3.58. The Morgan fingerprint density at radius 2 is 1.50 bits per heavy atom. The van der Waals surface area contributed by atoms with Crippen LogP contribution < -0.4 is 0 Å². The molecule has 25 valence electrons. The maximum absolute atomic E-state index is 10.2. The van der Waals surface area contributed by atoms with Gasteiger partial charge in [-0.15, -0.1) is 0 Å². The molecule has 0 saturated carbocycles. The third-order valence-corrected chi connectivity index (χ3v) is 0. The molecule has 0 aliphatic rings. The molecular weight excluding hydrogens is 62.0 g/mol. The van der Waals surface area contributed by atoms with E-state index in [9.17, 15) is 8.78 Å². The van der Waals surface area contributed by atoms with Crippen molar-refractivity contribution in [3.63, 3.8) is 0 Å². The topological polar surface area (TPSA) is 0 Å². The number of halogens is 2. The first kappa shape index (κ1) is 3.86. The molecule has 1 radical (unpaired) electrons. The lowest BCUT2D eigenvalue weighted by Crippen LogP contribution is -1.70. The zero-order valence-electron chi connectivity index (χ0n) is 2.04. The molecule has 0 aromatic heterocycles. The molecule has 0 atom stereocenters. The van der Waals surface area contributed by atoms with Crippen molar-refractivity contribution in [1.29, 1.82) is 0 Å². The molecule has 2 heteroatoms. The minimum absolute atomic E-state index is 2.31. The second-order valence-electron chi connectivity index (χ2n) is 0.391. The first-order valence-electron chi connectivity index (χ1n) is 0.845. The summed E-state index contributed by atoms with van der Waals surface area (Å²) in [7, 11) is 0. The molecule has 0 aromatic rings. The van der Waals surface area contributed by atoms with Crippen LogP contribution in [-0.4, -0.2) is 6.43 Å². The first-order chi connectivity index (χ1) is 1.73. The summed E-state index contributed by atoms with van der Waals surface area (Å²) in [6.07, 6.45) is -2.42. The van der Waals surface area contributed by atoms with Crippen molar-refractivity contribution in [2.75, 3.05) is 0 Å². The molecule has 0 amide bonds. The van der Waals surface area contributed by atoms with Crippen LogP contribution in [0.2, 0.25) is 0 Å². The summed E-state index contributed by atoms with van der Waals surface area (Å²) >= 11 is 0. The van der Waals surface area contributed by atoms with E-state index in [1.54, 1.807) is 0 Å². The highest BCUT2D eigenvalue weighted by molar-refractivity contribution is 4.30. The van der Waals surface area contributed by atoms with Gasteiger partial charge in [0, 0.05) is 6.92 Å². The van der Waals surface area contributed by atoms with E-state index < -0.39 is 6.43 Å². The van der Waals surface area contributed by atoms with Crippen LogP contribution in [-0.2, 0) is 0 Å². The largest absolute Gasteiger partial charge is 0.238 e. The highest BCUT2D eigenvalue weighted by Gasteiger charge is 1.80. The highest BCUT2D eigenvalue weighted by atomic mass is 19.3. The number of alkyl halides is 2. The Kier molecular flexibility index (Phi) is 1.17. The Balaban J connectivity index is 2.32. The van der Waals surface area contributed by atoms with Crippen molar-refractivity contribution in [3.05, 3.63) is 6.92 Å². The van der Waals surface area contributed by atoms with E-state index in [1.807, 2.05) is 0 Å². The van der Waals surface area contributed by atoms with E-state index in [0.29, 0.717) is 0 Å². The lowest BCUT2D eigenvalue weighted by molar-refractivity contribution is 0.201. The van der Waals surface area contributed by atoms with Crippen molar-refractivity contribution >= 4 is 0 Å². The summed E-state index contributed by atoms with van der Waals surface area (Å²) in [6, 6.07) is 0. The van der Waals surface area contributed by atoms with Gasteiger partial charge < -0.3 is 0 Å². The van der Waals surface area contributed by atoms with E-state index in [2.05, 4.69) is 6.92 Å². The Labute approximate surface area is 23.4 Å². The summed E-state index contributed by atoms with van der Waals surface area (Å²) in [5, 5.41) is 0. The zero-order valence-corrected chi connectivity index (χ0v) is 2.04. The Bertz CT molecular complexity index is 8.75. The quantitative estimate of drug-likeness (QED) is 0.396. The average molecular weight is 65.0 g/mol. The molecule has 0 nitrogen and oxygen atoms in total. The van der Waals surface area contributed by atoms with Crippen molar-refractivity contribution in [3.8, 4) is 0 Å². The van der Waals surface area contributed by atoms with Crippen LogP contribution >= 0.6 is 0 Å². The first-order valence-corrected chi connectivity index (χ1v) is 0.845. The smallest absolute Gasteiger partial charge is 0.211 e. The molecule has 0 saturated heterocycles. The predicted molar refractivity (Wildman–Crippen MR) is 11.4 cm³/mol. The van der Waals surface area contributed by atoms with Crippen LogP contribution in [0, 0.1) is 6.92 Å². The van der Waals surface area contributed by atoms with Gasteiger partial charge in [0.25, 0.3) is 0 Å². The van der Waals surface area contributed by atoms with Gasteiger partial charge in [0.1, 0.15) is 0 Å². The Hall–Kier alpha value is -0.140. The summed E-state index contributed by atoms with van der Waals surface area (Å²) in [4.78, 5) is 0.